The molecule has 1 aliphatic heterocycles. The van der Waals surface area contributed by atoms with Gasteiger partial charge in [0.15, 0.2) is 5.96 Å². The van der Waals surface area contributed by atoms with E-state index in [2.05, 4.69) is 41.3 Å². The Kier molecular flexibility index (Phi) is 6.49. The molecule has 1 saturated heterocycles. The van der Waals surface area contributed by atoms with E-state index < -0.39 is 17.6 Å². The Hall–Kier alpha value is -1.83. The van der Waals surface area contributed by atoms with Gasteiger partial charge in [-0.2, -0.15) is 13.2 Å². The number of nitrogens with one attached hydrogen (secondary N) is 2. The van der Waals surface area contributed by atoms with Crippen molar-refractivity contribution in [2.45, 2.75) is 45.6 Å². The highest BCUT2D eigenvalue weighted by molar-refractivity contribution is 5.80. The van der Waals surface area contributed by atoms with Crippen molar-refractivity contribution in [3.8, 4) is 0 Å². The number of benzene rings is 1. The minimum Gasteiger partial charge on any atom is -0.352 e. The minimum absolute atomic E-state index is 0.0230. The molecule has 1 aromatic carbocycles. The van der Waals surface area contributed by atoms with Crippen LogP contribution in [0.3, 0.4) is 0 Å². The third-order valence-electron chi connectivity index (χ3n) is 4.74. The highest BCUT2D eigenvalue weighted by Gasteiger charge is 2.34. The normalized spacial score (nSPS) is 22.1. The zero-order valence-electron chi connectivity index (χ0n) is 15.5. The SMILES string of the molecule is CN=C(NCc1ccc(F)cc1C(F)(F)F)NC1CN(C(C)C)CC1C. The van der Waals surface area contributed by atoms with Gasteiger partial charge in [0.1, 0.15) is 5.82 Å². The average Bonchev–Trinajstić information content (AvgIpc) is 2.92. The van der Waals surface area contributed by atoms with Gasteiger partial charge >= 0.3 is 6.18 Å². The lowest BCUT2D eigenvalue weighted by atomic mass is 10.1. The van der Waals surface area contributed by atoms with E-state index in [0.29, 0.717) is 24.0 Å². The van der Waals surface area contributed by atoms with Crippen LogP contribution in [0.5, 0.6) is 0 Å². The first-order chi connectivity index (χ1) is 12.1. The van der Waals surface area contributed by atoms with Crippen molar-refractivity contribution in [3.05, 3.63) is 35.1 Å². The van der Waals surface area contributed by atoms with Crippen molar-refractivity contribution >= 4 is 5.96 Å². The maximum atomic E-state index is 13.2. The van der Waals surface area contributed by atoms with Gasteiger partial charge in [-0.3, -0.25) is 9.89 Å². The number of likely N-dealkylation sites (tertiary alicyclic amines) is 1. The van der Waals surface area contributed by atoms with Gasteiger partial charge in [0.25, 0.3) is 0 Å². The molecule has 1 fully saturated rings. The van der Waals surface area contributed by atoms with Crippen LogP contribution < -0.4 is 10.6 Å². The molecule has 0 radical (unpaired) electrons. The van der Waals surface area contributed by atoms with E-state index in [0.717, 1.165) is 25.2 Å². The number of nitrogens with zero attached hydrogens (tertiary/aromatic N) is 2. The minimum atomic E-state index is -4.60. The molecule has 0 aliphatic carbocycles. The van der Waals surface area contributed by atoms with E-state index in [1.165, 1.54) is 0 Å². The molecular weight excluding hydrogens is 348 g/mol. The van der Waals surface area contributed by atoms with E-state index in [1.54, 1.807) is 7.05 Å². The first-order valence-corrected chi connectivity index (χ1v) is 8.68. The molecule has 8 heteroatoms. The van der Waals surface area contributed by atoms with Gasteiger partial charge in [0.2, 0.25) is 0 Å². The van der Waals surface area contributed by atoms with Crippen molar-refractivity contribution in [1.29, 1.82) is 0 Å². The lowest BCUT2D eigenvalue weighted by Gasteiger charge is -2.22. The van der Waals surface area contributed by atoms with E-state index in [9.17, 15) is 17.6 Å². The van der Waals surface area contributed by atoms with Crippen LogP contribution >= 0.6 is 0 Å². The van der Waals surface area contributed by atoms with Crippen LogP contribution in [-0.4, -0.2) is 43.1 Å². The maximum absolute atomic E-state index is 13.2. The second-order valence-electron chi connectivity index (χ2n) is 7.00. The van der Waals surface area contributed by atoms with E-state index in [-0.39, 0.29) is 18.2 Å². The standard InChI is InChI=1S/C18H26F4N4/c1-11(2)26-9-12(3)16(10-26)25-17(23-4)24-8-13-5-6-14(19)7-15(13)18(20,21)22/h5-7,11-12,16H,8-10H2,1-4H3,(H2,23,24,25). The van der Waals surface area contributed by atoms with Crippen LogP contribution in [0.2, 0.25) is 0 Å². The summed E-state index contributed by atoms with van der Waals surface area (Å²) in [7, 11) is 1.57. The lowest BCUT2D eigenvalue weighted by molar-refractivity contribution is -0.138. The number of guanidine groups is 1. The monoisotopic (exact) mass is 374 g/mol. The number of hydrogen-bond donors (Lipinski definition) is 2. The van der Waals surface area contributed by atoms with Gasteiger partial charge in [-0.25, -0.2) is 4.39 Å². The average molecular weight is 374 g/mol. The van der Waals surface area contributed by atoms with Crippen molar-refractivity contribution in [1.82, 2.24) is 15.5 Å². The Labute approximate surface area is 151 Å². The molecule has 2 N–H and O–H groups in total. The molecule has 0 bridgehead atoms. The van der Waals surface area contributed by atoms with Gasteiger partial charge in [0, 0.05) is 38.8 Å². The zero-order valence-corrected chi connectivity index (χ0v) is 15.5. The van der Waals surface area contributed by atoms with Gasteiger partial charge in [-0.15, -0.1) is 0 Å². The Balaban J connectivity index is 2.02. The van der Waals surface area contributed by atoms with Crippen molar-refractivity contribution < 1.29 is 17.6 Å². The lowest BCUT2D eigenvalue weighted by Crippen LogP contribution is -2.46. The van der Waals surface area contributed by atoms with E-state index in [4.69, 9.17) is 0 Å². The van der Waals surface area contributed by atoms with Crippen LogP contribution in [0.25, 0.3) is 0 Å². The molecule has 2 atom stereocenters. The summed E-state index contributed by atoms with van der Waals surface area (Å²) in [5.74, 6) is -0.0745. The summed E-state index contributed by atoms with van der Waals surface area (Å²) in [4.78, 5) is 6.45. The predicted molar refractivity (Wildman–Crippen MR) is 94.4 cm³/mol. The molecule has 0 aromatic heterocycles. The summed E-state index contributed by atoms with van der Waals surface area (Å²) in [5, 5.41) is 6.19. The Morgan fingerprint density at radius 2 is 2.00 bits per heavy atom. The van der Waals surface area contributed by atoms with Crippen molar-refractivity contribution in [2.24, 2.45) is 10.9 Å². The van der Waals surface area contributed by atoms with Crippen molar-refractivity contribution in [3.63, 3.8) is 0 Å². The van der Waals surface area contributed by atoms with E-state index in [1.807, 2.05) is 0 Å². The van der Waals surface area contributed by atoms with Gasteiger partial charge < -0.3 is 10.6 Å². The van der Waals surface area contributed by atoms with Crippen LogP contribution in [0.1, 0.15) is 31.9 Å². The molecule has 2 rings (SSSR count). The van der Waals surface area contributed by atoms with Gasteiger partial charge in [0.05, 0.1) is 5.56 Å². The van der Waals surface area contributed by atoms with Gasteiger partial charge in [-0.05, 0) is 37.5 Å². The highest BCUT2D eigenvalue weighted by atomic mass is 19.4. The van der Waals surface area contributed by atoms with E-state index >= 15 is 0 Å². The van der Waals surface area contributed by atoms with Crippen LogP contribution in [0, 0.1) is 11.7 Å². The molecule has 2 unspecified atom stereocenters. The Morgan fingerprint density at radius 3 is 2.54 bits per heavy atom. The van der Waals surface area contributed by atoms with Crippen LogP contribution in [0.4, 0.5) is 17.6 Å². The molecule has 1 aromatic rings. The van der Waals surface area contributed by atoms with Crippen molar-refractivity contribution in [2.75, 3.05) is 20.1 Å². The molecule has 26 heavy (non-hydrogen) atoms. The maximum Gasteiger partial charge on any atom is 0.416 e. The molecule has 4 nitrogen and oxygen atoms in total. The zero-order chi connectivity index (χ0) is 19.5. The summed E-state index contributed by atoms with van der Waals surface area (Å²) in [6.07, 6.45) is -4.60. The molecule has 0 spiro atoms. The Bertz CT molecular complexity index is 643. The largest absolute Gasteiger partial charge is 0.416 e. The molecule has 0 saturated carbocycles. The third-order valence-corrected chi connectivity index (χ3v) is 4.74. The molecule has 1 heterocycles. The number of alkyl halides is 3. The summed E-state index contributed by atoms with van der Waals surface area (Å²) in [6, 6.07) is 3.30. The fourth-order valence-electron chi connectivity index (χ4n) is 3.13. The molecule has 0 amide bonds. The summed E-state index contributed by atoms with van der Waals surface area (Å²) in [5.41, 5.74) is -0.995. The number of rotatable bonds is 4. The predicted octanol–water partition coefficient (Wildman–Crippen LogP) is 3.24. The number of halogens is 4. The topological polar surface area (TPSA) is 39.7 Å². The molecular formula is C18H26F4N4. The first-order valence-electron chi connectivity index (χ1n) is 8.68. The highest BCUT2D eigenvalue weighted by Crippen LogP contribution is 2.32. The summed E-state index contributed by atoms with van der Waals surface area (Å²) >= 11 is 0. The fraction of sp³-hybridized carbons (Fsp3) is 0.611. The number of hydrogen-bond acceptors (Lipinski definition) is 2. The Morgan fingerprint density at radius 1 is 1.31 bits per heavy atom. The second kappa shape index (κ2) is 8.24. The van der Waals surface area contributed by atoms with Crippen LogP contribution in [-0.2, 0) is 12.7 Å². The second-order valence-corrected chi connectivity index (χ2v) is 7.00. The van der Waals surface area contributed by atoms with Gasteiger partial charge in [-0.1, -0.05) is 13.0 Å². The van der Waals surface area contributed by atoms with Crippen LogP contribution in [0.15, 0.2) is 23.2 Å². The molecule has 146 valence electrons. The third kappa shape index (κ3) is 5.09. The quantitative estimate of drug-likeness (QED) is 0.483. The summed E-state index contributed by atoms with van der Waals surface area (Å²) in [6.45, 7) is 8.12. The molecule has 1 aliphatic rings. The smallest absolute Gasteiger partial charge is 0.352 e. The summed E-state index contributed by atoms with van der Waals surface area (Å²) < 4.78 is 52.5. The number of aliphatic imine (C=N–C) groups is 1. The fourth-order valence-corrected chi connectivity index (χ4v) is 3.13. The first kappa shape index (κ1) is 20.5.